The zero-order valence-electron chi connectivity index (χ0n) is 10.8. The van der Waals surface area contributed by atoms with Crippen molar-refractivity contribution >= 4 is 10.9 Å². The van der Waals surface area contributed by atoms with E-state index in [1.807, 2.05) is 36.5 Å². The molecule has 0 spiro atoms. The molecule has 1 heterocycles. The second kappa shape index (κ2) is 6.16. The molecule has 0 aliphatic heterocycles. The van der Waals surface area contributed by atoms with Gasteiger partial charge < -0.3 is 24.6 Å². The van der Waals surface area contributed by atoms with Gasteiger partial charge in [-0.25, -0.2) is 0 Å². The van der Waals surface area contributed by atoms with Crippen LogP contribution in [0.2, 0.25) is 0 Å². The standard InChI is InChI=1S/C14H19NO4/c1-10(18)13(8-16)19-14(9-17)15-7-6-11-4-2-3-5-12(11)15/h2-7,10,13-14,16-18H,8-9H2,1H3. The molecule has 3 N–H and O–H groups in total. The largest absolute Gasteiger partial charge is 0.394 e. The van der Waals surface area contributed by atoms with E-state index in [1.165, 1.54) is 0 Å². The molecule has 1 aromatic carbocycles. The number of aliphatic hydroxyl groups is 3. The first-order valence-corrected chi connectivity index (χ1v) is 6.28. The summed E-state index contributed by atoms with van der Waals surface area (Å²) >= 11 is 0. The Bertz CT molecular complexity index is 523. The van der Waals surface area contributed by atoms with Gasteiger partial charge in [-0.05, 0) is 24.4 Å². The van der Waals surface area contributed by atoms with E-state index in [4.69, 9.17) is 4.74 Å². The molecule has 3 unspecified atom stereocenters. The van der Waals surface area contributed by atoms with Crippen molar-refractivity contribution in [2.75, 3.05) is 13.2 Å². The van der Waals surface area contributed by atoms with E-state index in [0.717, 1.165) is 10.9 Å². The van der Waals surface area contributed by atoms with Gasteiger partial charge in [0.05, 0.1) is 24.8 Å². The summed E-state index contributed by atoms with van der Waals surface area (Å²) in [7, 11) is 0. The zero-order chi connectivity index (χ0) is 13.8. The molecule has 0 saturated heterocycles. The maximum absolute atomic E-state index is 9.49. The number of rotatable bonds is 6. The van der Waals surface area contributed by atoms with Gasteiger partial charge in [-0.2, -0.15) is 0 Å². The van der Waals surface area contributed by atoms with E-state index in [0.29, 0.717) is 0 Å². The Labute approximate surface area is 111 Å². The molecule has 1 aromatic heterocycles. The highest BCUT2D eigenvalue weighted by Crippen LogP contribution is 2.22. The maximum atomic E-state index is 9.49. The third-order valence-corrected chi connectivity index (χ3v) is 3.15. The SMILES string of the molecule is CC(O)C(CO)OC(CO)n1ccc2ccccc21. The van der Waals surface area contributed by atoms with Crippen molar-refractivity contribution in [2.24, 2.45) is 0 Å². The number of ether oxygens (including phenoxy) is 1. The molecule has 5 heteroatoms. The third-order valence-electron chi connectivity index (χ3n) is 3.15. The summed E-state index contributed by atoms with van der Waals surface area (Å²) in [6, 6.07) is 9.67. The molecule has 2 aromatic rings. The monoisotopic (exact) mass is 265 g/mol. The molecule has 0 bridgehead atoms. The van der Waals surface area contributed by atoms with E-state index in [2.05, 4.69) is 0 Å². The Morgan fingerprint density at radius 2 is 1.89 bits per heavy atom. The van der Waals surface area contributed by atoms with Gasteiger partial charge in [0, 0.05) is 6.20 Å². The van der Waals surface area contributed by atoms with Gasteiger partial charge in [-0.3, -0.25) is 0 Å². The van der Waals surface area contributed by atoms with Gasteiger partial charge in [0.15, 0.2) is 6.23 Å². The normalized spacial score (nSPS) is 16.4. The molecule has 0 saturated carbocycles. The summed E-state index contributed by atoms with van der Waals surface area (Å²) in [6.45, 7) is 1.01. The molecule has 0 fully saturated rings. The van der Waals surface area contributed by atoms with Gasteiger partial charge in [-0.1, -0.05) is 18.2 Å². The van der Waals surface area contributed by atoms with Gasteiger partial charge in [-0.15, -0.1) is 0 Å². The highest BCUT2D eigenvalue weighted by Gasteiger charge is 2.21. The van der Waals surface area contributed by atoms with Crippen LogP contribution in [0.3, 0.4) is 0 Å². The van der Waals surface area contributed by atoms with Crippen LogP contribution < -0.4 is 0 Å². The van der Waals surface area contributed by atoms with Crippen molar-refractivity contribution in [3.63, 3.8) is 0 Å². The average molecular weight is 265 g/mol. The lowest BCUT2D eigenvalue weighted by Gasteiger charge is -2.25. The van der Waals surface area contributed by atoms with Crippen LogP contribution in [0.25, 0.3) is 10.9 Å². The van der Waals surface area contributed by atoms with E-state index in [-0.39, 0.29) is 13.2 Å². The van der Waals surface area contributed by atoms with Gasteiger partial charge in [0.25, 0.3) is 0 Å². The van der Waals surface area contributed by atoms with Gasteiger partial charge >= 0.3 is 0 Å². The first-order valence-electron chi connectivity index (χ1n) is 6.28. The summed E-state index contributed by atoms with van der Waals surface area (Å²) in [5.74, 6) is 0. The van der Waals surface area contributed by atoms with E-state index >= 15 is 0 Å². The zero-order valence-corrected chi connectivity index (χ0v) is 10.8. The molecule has 104 valence electrons. The molecule has 0 radical (unpaired) electrons. The molecule has 5 nitrogen and oxygen atoms in total. The Hall–Kier alpha value is -1.40. The summed E-state index contributed by atoms with van der Waals surface area (Å²) in [5.41, 5.74) is 0.934. The number of hydrogen-bond donors (Lipinski definition) is 3. The number of para-hydroxylation sites is 1. The Kier molecular flexibility index (Phi) is 4.55. The fraction of sp³-hybridized carbons (Fsp3) is 0.429. The van der Waals surface area contributed by atoms with Gasteiger partial charge in [0.2, 0.25) is 0 Å². The fourth-order valence-corrected chi connectivity index (χ4v) is 2.06. The van der Waals surface area contributed by atoms with Crippen molar-refractivity contribution in [3.05, 3.63) is 36.5 Å². The minimum Gasteiger partial charge on any atom is -0.394 e. The Morgan fingerprint density at radius 1 is 1.16 bits per heavy atom. The molecule has 0 aliphatic rings. The third kappa shape index (κ3) is 2.96. The highest BCUT2D eigenvalue weighted by molar-refractivity contribution is 5.80. The van der Waals surface area contributed by atoms with Crippen molar-refractivity contribution in [1.82, 2.24) is 4.57 Å². The molecular weight excluding hydrogens is 246 g/mol. The maximum Gasteiger partial charge on any atom is 0.157 e. The predicted octanol–water partition coefficient (Wildman–Crippen LogP) is 0.890. The predicted molar refractivity (Wildman–Crippen MR) is 71.7 cm³/mol. The first kappa shape index (κ1) is 14.0. The van der Waals surface area contributed by atoms with Crippen molar-refractivity contribution < 1.29 is 20.1 Å². The second-order valence-corrected chi connectivity index (χ2v) is 4.52. The summed E-state index contributed by atoms with van der Waals surface area (Å²) in [5, 5.41) is 29.2. The van der Waals surface area contributed by atoms with Crippen LogP contribution in [0.1, 0.15) is 13.2 Å². The molecule has 2 rings (SSSR count). The molecule has 0 amide bonds. The van der Waals surface area contributed by atoms with Crippen LogP contribution >= 0.6 is 0 Å². The highest BCUT2D eigenvalue weighted by atomic mass is 16.5. The number of aromatic nitrogens is 1. The number of hydrogen-bond acceptors (Lipinski definition) is 4. The number of benzene rings is 1. The first-order chi connectivity index (χ1) is 9.17. The molecule has 19 heavy (non-hydrogen) atoms. The minimum atomic E-state index is -0.805. The number of nitrogens with zero attached hydrogens (tertiary/aromatic N) is 1. The van der Waals surface area contributed by atoms with E-state index in [1.54, 1.807) is 11.5 Å². The lowest BCUT2D eigenvalue weighted by molar-refractivity contribution is -0.131. The topological polar surface area (TPSA) is 74.8 Å². The Balaban J connectivity index is 2.26. The van der Waals surface area contributed by atoms with Crippen molar-refractivity contribution in [1.29, 1.82) is 0 Å². The molecular formula is C14H19NO4. The van der Waals surface area contributed by atoms with Crippen molar-refractivity contribution in [2.45, 2.75) is 25.4 Å². The number of aliphatic hydroxyl groups excluding tert-OH is 3. The summed E-state index contributed by atoms with van der Waals surface area (Å²) in [6.07, 6.45) is -0.340. The van der Waals surface area contributed by atoms with Crippen molar-refractivity contribution in [3.8, 4) is 0 Å². The van der Waals surface area contributed by atoms with Crippen LogP contribution in [0, 0.1) is 0 Å². The fourth-order valence-electron chi connectivity index (χ4n) is 2.06. The Morgan fingerprint density at radius 3 is 2.53 bits per heavy atom. The van der Waals surface area contributed by atoms with E-state index < -0.39 is 18.4 Å². The van der Waals surface area contributed by atoms with Gasteiger partial charge in [0.1, 0.15) is 6.10 Å². The quantitative estimate of drug-likeness (QED) is 0.725. The van der Waals surface area contributed by atoms with E-state index in [9.17, 15) is 15.3 Å². The number of fused-ring (bicyclic) bond motifs is 1. The van der Waals surface area contributed by atoms with Crippen LogP contribution in [-0.4, -0.2) is 45.3 Å². The molecule has 0 aliphatic carbocycles. The lowest BCUT2D eigenvalue weighted by Crippen LogP contribution is -2.34. The van der Waals surface area contributed by atoms with Crippen LogP contribution in [0.15, 0.2) is 36.5 Å². The van der Waals surface area contributed by atoms with Crippen LogP contribution in [0.5, 0.6) is 0 Å². The minimum absolute atomic E-state index is 0.234. The average Bonchev–Trinajstić information content (AvgIpc) is 2.84. The second-order valence-electron chi connectivity index (χ2n) is 4.52. The summed E-state index contributed by atoms with van der Waals surface area (Å²) in [4.78, 5) is 0. The lowest BCUT2D eigenvalue weighted by atomic mass is 10.2. The molecule has 3 atom stereocenters. The van der Waals surface area contributed by atoms with Crippen LogP contribution in [0.4, 0.5) is 0 Å². The van der Waals surface area contributed by atoms with Crippen LogP contribution in [-0.2, 0) is 4.74 Å². The smallest absolute Gasteiger partial charge is 0.157 e. The summed E-state index contributed by atoms with van der Waals surface area (Å²) < 4.78 is 7.37.